The van der Waals surface area contributed by atoms with Crippen molar-refractivity contribution >= 4 is 11.9 Å². The molecule has 136 valence electrons. The maximum Gasteiger partial charge on any atom is 0.320 e. The molecule has 0 aliphatic heterocycles. The Morgan fingerprint density at radius 2 is 1.73 bits per heavy atom. The predicted octanol–water partition coefficient (Wildman–Crippen LogP) is 1.93. The van der Waals surface area contributed by atoms with E-state index in [9.17, 15) is 9.59 Å². The molecule has 3 rings (SSSR count). The van der Waals surface area contributed by atoms with Gasteiger partial charge < -0.3 is 16.6 Å². The number of hydrogen-bond acceptors (Lipinski definition) is 5. The molecule has 5 N–H and O–H groups in total. The van der Waals surface area contributed by atoms with Crippen molar-refractivity contribution in [2.24, 2.45) is 17.4 Å². The lowest BCUT2D eigenvalue weighted by atomic mass is 9.76. The van der Waals surface area contributed by atoms with Crippen LogP contribution in [0.3, 0.4) is 0 Å². The van der Waals surface area contributed by atoms with Gasteiger partial charge in [-0.15, -0.1) is 0 Å². The van der Waals surface area contributed by atoms with Crippen LogP contribution in [-0.2, 0) is 4.79 Å². The van der Waals surface area contributed by atoms with E-state index in [1.807, 2.05) is 12.1 Å². The highest BCUT2D eigenvalue weighted by Crippen LogP contribution is 2.37. The summed E-state index contributed by atoms with van der Waals surface area (Å²) in [5, 5.41) is 9.04. The SMILES string of the molecule is NC(=O)c1cncc(-c2ccc(C3CCC(C(N)C(=O)O)CC3)cc2)n1. The van der Waals surface area contributed by atoms with Gasteiger partial charge in [0.15, 0.2) is 0 Å². The van der Waals surface area contributed by atoms with Crippen molar-refractivity contribution in [3.8, 4) is 11.3 Å². The van der Waals surface area contributed by atoms with Crippen molar-refractivity contribution in [2.45, 2.75) is 37.6 Å². The predicted molar refractivity (Wildman–Crippen MR) is 96.3 cm³/mol. The second kappa shape index (κ2) is 7.61. The summed E-state index contributed by atoms with van der Waals surface area (Å²) in [6.45, 7) is 0. The molecule has 1 heterocycles. The fraction of sp³-hybridized carbons (Fsp3) is 0.368. The number of carboxylic acid groups (broad SMARTS) is 1. The molecule has 1 saturated carbocycles. The summed E-state index contributed by atoms with van der Waals surface area (Å²) in [6.07, 6.45) is 6.46. The van der Waals surface area contributed by atoms with Crippen LogP contribution in [0.15, 0.2) is 36.7 Å². The molecule has 1 aromatic carbocycles. The minimum absolute atomic E-state index is 0.0508. The van der Waals surface area contributed by atoms with E-state index >= 15 is 0 Å². The molecule has 0 spiro atoms. The molecule has 1 unspecified atom stereocenters. The fourth-order valence-corrected chi connectivity index (χ4v) is 3.56. The molecular formula is C19H22N4O3. The van der Waals surface area contributed by atoms with Crippen LogP contribution in [0.1, 0.15) is 47.7 Å². The molecule has 0 saturated heterocycles. The zero-order valence-corrected chi connectivity index (χ0v) is 14.3. The number of hydrogen-bond donors (Lipinski definition) is 3. The molecule has 1 atom stereocenters. The van der Waals surface area contributed by atoms with Gasteiger partial charge in [0.2, 0.25) is 0 Å². The minimum atomic E-state index is -0.919. The molecule has 0 bridgehead atoms. The minimum Gasteiger partial charge on any atom is -0.480 e. The molecule has 7 heteroatoms. The number of carboxylic acids is 1. The molecule has 1 aliphatic carbocycles. The van der Waals surface area contributed by atoms with E-state index in [1.165, 1.54) is 11.8 Å². The van der Waals surface area contributed by atoms with Crippen molar-refractivity contribution in [3.05, 3.63) is 47.9 Å². The molecule has 7 nitrogen and oxygen atoms in total. The molecule has 2 aromatic rings. The standard InChI is InChI=1S/C19H22N4O3/c20-17(19(25)26)14-7-3-12(4-8-14)11-1-5-13(6-2-11)15-9-22-10-16(23-15)18(21)24/h1-2,5-6,9-10,12,14,17H,3-4,7-8,20H2,(H2,21,24)(H,25,26). The van der Waals surface area contributed by atoms with Crippen LogP contribution in [0.5, 0.6) is 0 Å². The topological polar surface area (TPSA) is 132 Å². The van der Waals surface area contributed by atoms with E-state index in [-0.39, 0.29) is 11.6 Å². The summed E-state index contributed by atoms with van der Waals surface area (Å²) in [7, 11) is 0. The third-order valence-corrected chi connectivity index (χ3v) is 5.13. The largest absolute Gasteiger partial charge is 0.480 e. The van der Waals surface area contributed by atoms with Crippen LogP contribution in [0.25, 0.3) is 11.3 Å². The van der Waals surface area contributed by atoms with E-state index in [4.69, 9.17) is 16.6 Å². The Kier molecular flexibility index (Phi) is 5.27. The summed E-state index contributed by atoms with van der Waals surface area (Å²) in [5.41, 5.74) is 13.8. The van der Waals surface area contributed by atoms with E-state index in [2.05, 4.69) is 22.1 Å². The average Bonchev–Trinajstić information content (AvgIpc) is 2.67. The number of rotatable bonds is 5. The maximum atomic E-state index is 11.2. The molecule has 1 amide bonds. The summed E-state index contributed by atoms with van der Waals surface area (Å²) in [6, 6.07) is 7.25. The summed E-state index contributed by atoms with van der Waals surface area (Å²) >= 11 is 0. The number of carbonyl (C=O) groups excluding carboxylic acids is 1. The van der Waals surface area contributed by atoms with E-state index < -0.39 is 17.9 Å². The second-order valence-electron chi connectivity index (χ2n) is 6.75. The highest BCUT2D eigenvalue weighted by Gasteiger charge is 2.29. The van der Waals surface area contributed by atoms with E-state index in [1.54, 1.807) is 6.20 Å². The monoisotopic (exact) mass is 354 g/mol. The number of carbonyl (C=O) groups is 2. The van der Waals surface area contributed by atoms with Gasteiger partial charge in [-0.25, -0.2) is 4.98 Å². The van der Waals surface area contributed by atoms with Crippen LogP contribution in [0, 0.1) is 5.92 Å². The molecule has 1 aliphatic rings. The number of primary amides is 1. The molecular weight excluding hydrogens is 332 g/mol. The number of amides is 1. The lowest BCUT2D eigenvalue weighted by molar-refractivity contribution is -0.140. The lowest BCUT2D eigenvalue weighted by Crippen LogP contribution is -2.39. The Morgan fingerprint density at radius 1 is 1.08 bits per heavy atom. The quantitative estimate of drug-likeness (QED) is 0.751. The third kappa shape index (κ3) is 3.88. The first-order valence-corrected chi connectivity index (χ1v) is 8.66. The smallest absolute Gasteiger partial charge is 0.320 e. The Morgan fingerprint density at radius 3 is 2.31 bits per heavy atom. The van der Waals surface area contributed by atoms with Gasteiger partial charge >= 0.3 is 5.97 Å². The first-order valence-electron chi connectivity index (χ1n) is 8.66. The Labute approximate surface area is 151 Å². The van der Waals surface area contributed by atoms with Gasteiger partial charge in [-0.2, -0.15) is 0 Å². The number of benzene rings is 1. The maximum absolute atomic E-state index is 11.2. The van der Waals surface area contributed by atoms with Gasteiger partial charge in [-0.3, -0.25) is 14.6 Å². The summed E-state index contributed by atoms with van der Waals surface area (Å²) < 4.78 is 0. The van der Waals surface area contributed by atoms with Crippen LogP contribution in [0.4, 0.5) is 0 Å². The van der Waals surface area contributed by atoms with Crippen LogP contribution in [-0.4, -0.2) is 33.0 Å². The number of aromatic nitrogens is 2. The first kappa shape index (κ1) is 18.0. The first-order chi connectivity index (χ1) is 12.5. The van der Waals surface area contributed by atoms with Crippen molar-refractivity contribution in [1.82, 2.24) is 9.97 Å². The molecule has 1 aromatic heterocycles. The molecule has 1 fully saturated rings. The third-order valence-electron chi connectivity index (χ3n) is 5.13. The van der Waals surface area contributed by atoms with Gasteiger partial charge in [0.25, 0.3) is 5.91 Å². The van der Waals surface area contributed by atoms with Crippen molar-refractivity contribution < 1.29 is 14.7 Å². The van der Waals surface area contributed by atoms with Crippen molar-refractivity contribution in [3.63, 3.8) is 0 Å². The molecule has 26 heavy (non-hydrogen) atoms. The number of nitrogens with zero attached hydrogens (tertiary/aromatic N) is 2. The zero-order valence-electron chi connectivity index (χ0n) is 14.3. The van der Waals surface area contributed by atoms with Gasteiger partial charge in [-0.1, -0.05) is 24.3 Å². The van der Waals surface area contributed by atoms with Gasteiger partial charge in [0.05, 0.1) is 18.1 Å². The summed E-state index contributed by atoms with van der Waals surface area (Å²) in [5.74, 6) is -1.07. The lowest BCUT2D eigenvalue weighted by Gasteiger charge is -2.30. The van der Waals surface area contributed by atoms with Crippen molar-refractivity contribution in [2.75, 3.05) is 0 Å². The fourth-order valence-electron chi connectivity index (χ4n) is 3.56. The van der Waals surface area contributed by atoms with Crippen LogP contribution >= 0.6 is 0 Å². The van der Waals surface area contributed by atoms with Gasteiger partial charge in [0, 0.05) is 5.56 Å². The highest BCUT2D eigenvalue weighted by molar-refractivity contribution is 5.90. The second-order valence-corrected chi connectivity index (χ2v) is 6.75. The average molecular weight is 354 g/mol. The zero-order chi connectivity index (χ0) is 18.7. The van der Waals surface area contributed by atoms with Crippen molar-refractivity contribution in [1.29, 1.82) is 0 Å². The van der Waals surface area contributed by atoms with Crippen LogP contribution in [0.2, 0.25) is 0 Å². The Hall–Kier alpha value is -2.80. The highest BCUT2D eigenvalue weighted by atomic mass is 16.4. The van der Waals surface area contributed by atoms with E-state index in [0.717, 1.165) is 31.2 Å². The van der Waals surface area contributed by atoms with Gasteiger partial charge in [-0.05, 0) is 43.1 Å². The molecule has 0 radical (unpaired) electrons. The van der Waals surface area contributed by atoms with Crippen LogP contribution < -0.4 is 11.5 Å². The number of nitrogens with two attached hydrogens (primary N) is 2. The van der Waals surface area contributed by atoms with E-state index in [0.29, 0.717) is 11.6 Å². The Balaban J connectivity index is 1.68. The van der Waals surface area contributed by atoms with Gasteiger partial charge in [0.1, 0.15) is 11.7 Å². The summed E-state index contributed by atoms with van der Waals surface area (Å²) in [4.78, 5) is 30.5. The number of aliphatic carboxylic acids is 1. The normalized spacial score (nSPS) is 21.1. The Bertz CT molecular complexity index is 799.